The van der Waals surface area contributed by atoms with Gasteiger partial charge in [0, 0.05) is 16.6 Å². The number of hydrogen-bond acceptors (Lipinski definition) is 4. The van der Waals surface area contributed by atoms with Crippen LogP contribution < -0.4 is 10.8 Å². The maximum Gasteiger partial charge on any atom is 0.238 e. The predicted octanol–water partition coefficient (Wildman–Crippen LogP) is 3.44. The molecule has 124 valence electrons. The van der Waals surface area contributed by atoms with E-state index in [1.165, 1.54) is 7.11 Å². The van der Waals surface area contributed by atoms with E-state index in [4.69, 9.17) is 4.84 Å². The molecule has 5 nitrogen and oxygen atoms in total. The lowest BCUT2D eigenvalue weighted by atomic mass is 9.95. The van der Waals surface area contributed by atoms with Gasteiger partial charge in [-0.1, -0.05) is 43.0 Å². The van der Waals surface area contributed by atoms with Crippen molar-refractivity contribution in [3.05, 3.63) is 78.0 Å². The van der Waals surface area contributed by atoms with Crippen molar-refractivity contribution in [2.24, 2.45) is 0 Å². The standard InChI is InChI=1S/C20H17N3O2/c1-12(23-25-2)14-7-9-15-18(11-14)22-20(24)19(15)17-10-8-13-5-3-4-6-16(13)21-17/h3-11,19,23H,1H2,2H3,(H,22,24). The molecular weight excluding hydrogens is 314 g/mol. The van der Waals surface area contributed by atoms with Gasteiger partial charge in [0.15, 0.2) is 0 Å². The Hall–Kier alpha value is -3.18. The number of nitrogens with one attached hydrogen (secondary N) is 2. The van der Waals surface area contributed by atoms with Crippen molar-refractivity contribution in [2.45, 2.75) is 5.92 Å². The lowest BCUT2D eigenvalue weighted by Crippen LogP contribution is -2.14. The molecule has 1 aliphatic rings. The van der Waals surface area contributed by atoms with E-state index in [9.17, 15) is 4.79 Å². The first kappa shape index (κ1) is 15.4. The van der Waals surface area contributed by atoms with E-state index in [1.807, 2.05) is 54.6 Å². The van der Waals surface area contributed by atoms with E-state index in [0.29, 0.717) is 5.70 Å². The van der Waals surface area contributed by atoms with E-state index in [0.717, 1.165) is 33.4 Å². The summed E-state index contributed by atoms with van der Waals surface area (Å²) >= 11 is 0. The Morgan fingerprint density at radius 3 is 2.88 bits per heavy atom. The van der Waals surface area contributed by atoms with Crippen LogP contribution in [0.2, 0.25) is 0 Å². The number of anilines is 1. The molecule has 5 heteroatoms. The predicted molar refractivity (Wildman–Crippen MR) is 97.8 cm³/mol. The molecule has 1 amide bonds. The molecule has 4 rings (SSSR count). The summed E-state index contributed by atoms with van der Waals surface area (Å²) in [5, 5.41) is 4.00. The van der Waals surface area contributed by atoms with Crippen molar-refractivity contribution < 1.29 is 9.63 Å². The van der Waals surface area contributed by atoms with Crippen molar-refractivity contribution >= 4 is 28.2 Å². The van der Waals surface area contributed by atoms with Crippen LogP contribution in [-0.4, -0.2) is 18.0 Å². The second-order valence-corrected chi connectivity index (χ2v) is 5.94. The highest BCUT2D eigenvalue weighted by atomic mass is 16.6. The van der Waals surface area contributed by atoms with E-state index in [2.05, 4.69) is 22.4 Å². The Labute approximate surface area is 145 Å². The third-order valence-electron chi connectivity index (χ3n) is 4.37. The number of carbonyl (C=O) groups is 1. The molecule has 3 aromatic rings. The number of benzene rings is 2. The van der Waals surface area contributed by atoms with Gasteiger partial charge in [-0.25, -0.2) is 0 Å². The van der Waals surface area contributed by atoms with Crippen LogP contribution in [0, 0.1) is 0 Å². The molecular formula is C20H17N3O2. The number of para-hydroxylation sites is 1. The first-order valence-electron chi connectivity index (χ1n) is 7.96. The largest absolute Gasteiger partial charge is 0.325 e. The minimum atomic E-state index is -0.405. The molecule has 0 radical (unpaired) electrons. The number of nitrogens with zero attached hydrogens (tertiary/aromatic N) is 1. The third kappa shape index (κ3) is 2.64. The lowest BCUT2D eigenvalue weighted by Gasteiger charge is -2.11. The van der Waals surface area contributed by atoms with E-state index >= 15 is 0 Å². The average Bonchev–Trinajstić information content (AvgIpc) is 2.96. The van der Waals surface area contributed by atoms with Crippen LogP contribution in [0.1, 0.15) is 22.7 Å². The van der Waals surface area contributed by atoms with Crippen LogP contribution in [0.4, 0.5) is 5.69 Å². The SMILES string of the molecule is C=C(NOC)c1ccc2c(c1)NC(=O)C2c1ccc2ccccc2n1. The van der Waals surface area contributed by atoms with Gasteiger partial charge in [-0.15, -0.1) is 0 Å². The zero-order valence-electron chi connectivity index (χ0n) is 13.7. The highest BCUT2D eigenvalue weighted by Crippen LogP contribution is 2.38. The van der Waals surface area contributed by atoms with Gasteiger partial charge >= 0.3 is 0 Å². The van der Waals surface area contributed by atoms with E-state index < -0.39 is 5.92 Å². The van der Waals surface area contributed by atoms with Gasteiger partial charge in [0.1, 0.15) is 5.92 Å². The molecule has 1 atom stereocenters. The maximum absolute atomic E-state index is 12.6. The van der Waals surface area contributed by atoms with Crippen LogP contribution in [0.5, 0.6) is 0 Å². The molecule has 0 bridgehead atoms. The lowest BCUT2D eigenvalue weighted by molar-refractivity contribution is -0.116. The second-order valence-electron chi connectivity index (χ2n) is 5.94. The Kier molecular flexibility index (Phi) is 3.71. The molecule has 2 N–H and O–H groups in total. The number of fused-ring (bicyclic) bond motifs is 2. The molecule has 0 fully saturated rings. The van der Waals surface area contributed by atoms with Crippen LogP contribution in [0.15, 0.2) is 61.2 Å². The van der Waals surface area contributed by atoms with Gasteiger partial charge < -0.3 is 5.32 Å². The molecule has 0 aliphatic carbocycles. The molecule has 25 heavy (non-hydrogen) atoms. The first-order chi connectivity index (χ1) is 12.2. The van der Waals surface area contributed by atoms with Gasteiger partial charge in [-0.05, 0) is 23.8 Å². The minimum Gasteiger partial charge on any atom is -0.325 e. The fraction of sp³-hybridized carbons (Fsp3) is 0.100. The van der Waals surface area contributed by atoms with Crippen molar-refractivity contribution in [3.63, 3.8) is 0 Å². The fourth-order valence-corrected chi connectivity index (χ4v) is 3.17. The third-order valence-corrected chi connectivity index (χ3v) is 4.37. The summed E-state index contributed by atoms with van der Waals surface area (Å²) < 4.78 is 0. The Balaban J connectivity index is 1.74. The van der Waals surface area contributed by atoms with Crippen LogP contribution >= 0.6 is 0 Å². The topological polar surface area (TPSA) is 63.2 Å². The van der Waals surface area contributed by atoms with Gasteiger partial charge in [0.2, 0.25) is 5.91 Å². The zero-order chi connectivity index (χ0) is 17.4. The van der Waals surface area contributed by atoms with Crippen molar-refractivity contribution in [3.8, 4) is 0 Å². The first-order valence-corrected chi connectivity index (χ1v) is 7.96. The number of hydroxylamine groups is 1. The molecule has 1 unspecified atom stereocenters. The summed E-state index contributed by atoms with van der Waals surface area (Å²) in [6.07, 6.45) is 0. The molecule has 2 aromatic carbocycles. The van der Waals surface area contributed by atoms with Gasteiger partial charge in [0.25, 0.3) is 0 Å². The Bertz CT molecular complexity index is 997. The van der Waals surface area contributed by atoms with Crippen LogP contribution in [0.3, 0.4) is 0 Å². The number of carbonyl (C=O) groups excluding carboxylic acids is 1. The molecule has 0 saturated heterocycles. The Morgan fingerprint density at radius 2 is 2.04 bits per heavy atom. The normalized spacial score (nSPS) is 15.7. The highest BCUT2D eigenvalue weighted by molar-refractivity contribution is 6.05. The number of pyridine rings is 1. The maximum atomic E-state index is 12.6. The zero-order valence-corrected chi connectivity index (χ0v) is 13.7. The van der Waals surface area contributed by atoms with Crippen molar-refractivity contribution in [2.75, 3.05) is 12.4 Å². The summed E-state index contributed by atoms with van der Waals surface area (Å²) in [4.78, 5) is 22.1. The molecule has 0 saturated carbocycles. The number of rotatable bonds is 4. The summed E-state index contributed by atoms with van der Waals surface area (Å²) in [6.45, 7) is 3.91. The molecule has 1 aromatic heterocycles. The summed E-state index contributed by atoms with van der Waals surface area (Å²) in [5.41, 5.74) is 7.52. The van der Waals surface area contributed by atoms with E-state index in [1.54, 1.807) is 0 Å². The summed E-state index contributed by atoms with van der Waals surface area (Å²) in [6, 6.07) is 17.6. The highest BCUT2D eigenvalue weighted by Gasteiger charge is 2.33. The molecule has 0 spiro atoms. The summed E-state index contributed by atoms with van der Waals surface area (Å²) in [5.74, 6) is -0.474. The van der Waals surface area contributed by atoms with Gasteiger partial charge in [-0.2, -0.15) is 0 Å². The number of amides is 1. The monoisotopic (exact) mass is 331 g/mol. The van der Waals surface area contributed by atoms with E-state index in [-0.39, 0.29) is 5.91 Å². The quantitative estimate of drug-likeness (QED) is 0.719. The molecule has 1 aliphatic heterocycles. The van der Waals surface area contributed by atoms with Gasteiger partial charge in [0.05, 0.1) is 24.0 Å². The minimum absolute atomic E-state index is 0.0692. The Morgan fingerprint density at radius 1 is 1.20 bits per heavy atom. The summed E-state index contributed by atoms with van der Waals surface area (Å²) in [7, 11) is 1.53. The second kappa shape index (κ2) is 6.03. The average molecular weight is 331 g/mol. The van der Waals surface area contributed by atoms with Crippen molar-refractivity contribution in [1.29, 1.82) is 0 Å². The van der Waals surface area contributed by atoms with Crippen LogP contribution in [-0.2, 0) is 9.63 Å². The number of hydrogen-bond donors (Lipinski definition) is 2. The van der Waals surface area contributed by atoms with Crippen LogP contribution in [0.25, 0.3) is 16.6 Å². The van der Waals surface area contributed by atoms with Gasteiger partial charge in [-0.3, -0.25) is 20.1 Å². The smallest absolute Gasteiger partial charge is 0.238 e. The fourth-order valence-electron chi connectivity index (χ4n) is 3.17. The number of aromatic nitrogens is 1. The van der Waals surface area contributed by atoms with Crippen molar-refractivity contribution in [1.82, 2.24) is 10.5 Å². The molecule has 2 heterocycles.